The smallest absolute Gasteiger partial charge is 0.410 e. The fourth-order valence-electron chi connectivity index (χ4n) is 2.70. The lowest BCUT2D eigenvalue weighted by atomic mass is 10.2. The minimum absolute atomic E-state index is 0.200. The molecule has 1 aliphatic heterocycles. The van der Waals surface area contributed by atoms with Crippen LogP contribution in [-0.4, -0.2) is 54.0 Å². The number of aliphatic hydroxyl groups excluding tert-OH is 1. The van der Waals surface area contributed by atoms with Crippen LogP contribution in [0.15, 0.2) is 30.3 Å². The number of ether oxygens (including phenoxy) is 2. The number of carbonyl (C=O) groups is 2. The quantitative estimate of drug-likeness (QED) is 0.552. The molecule has 1 aliphatic rings. The molecule has 1 aromatic rings. The van der Waals surface area contributed by atoms with Gasteiger partial charge in [-0.05, 0) is 31.4 Å². The lowest BCUT2D eigenvalue weighted by Gasteiger charge is -2.28. The number of carbonyl (C=O) groups excluding carboxylic acids is 2. The highest BCUT2D eigenvalue weighted by Gasteiger charge is 2.35. The van der Waals surface area contributed by atoms with Crippen LogP contribution in [0.3, 0.4) is 0 Å². The number of amides is 2. The van der Waals surface area contributed by atoms with E-state index >= 15 is 0 Å². The molecule has 2 unspecified atom stereocenters. The maximum atomic E-state index is 12.1. The summed E-state index contributed by atoms with van der Waals surface area (Å²) in [6.07, 6.45) is 1.54. The molecule has 2 amide bonds. The van der Waals surface area contributed by atoms with Crippen molar-refractivity contribution in [1.82, 2.24) is 10.2 Å². The monoisotopic (exact) mass is 350 g/mol. The molecule has 0 aromatic heterocycles. The third kappa shape index (κ3) is 5.94. The third-order valence-electron chi connectivity index (χ3n) is 4.04. The molecule has 0 bridgehead atoms. The van der Waals surface area contributed by atoms with Crippen molar-refractivity contribution in [3.05, 3.63) is 30.3 Å². The number of nitrogens with one attached hydrogen (secondary N) is 1. The highest BCUT2D eigenvalue weighted by Crippen LogP contribution is 2.20. The van der Waals surface area contributed by atoms with Crippen LogP contribution in [0.1, 0.15) is 32.6 Å². The van der Waals surface area contributed by atoms with Crippen LogP contribution >= 0.6 is 0 Å². The number of rotatable bonds is 8. The fraction of sp³-hybridized carbons (Fsp3) is 0.556. The first kappa shape index (κ1) is 19.1. The van der Waals surface area contributed by atoms with Gasteiger partial charge >= 0.3 is 6.09 Å². The molecule has 7 heteroatoms. The van der Waals surface area contributed by atoms with E-state index < -0.39 is 24.3 Å². The van der Waals surface area contributed by atoms with Crippen LogP contribution in [0, 0.1) is 0 Å². The molecule has 2 atom stereocenters. The molecule has 2 rings (SSSR count). The first-order valence-electron chi connectivity index (χ1n) is 8.70. The molecular formula is C18H26N2O5. The molecule has 0 aliphatic carbocycles. The van der Waals surface area contributed by atoms with Gasteiger partial charge in [0.25, 0.3) is 5.91 Å². The van der Waals surface area contributed by atoms with Gasteiger partial charge in [-0.1, -0.05) is 31.5 Å². The SMILES string of the molecule is CCCCOC(=O)N1CCCC1C(O)NC(=O)COc1ccccc1. The van der Waals surface area contributed by atoms with E-state index in [2.05, 4.69) is 5.32 Å². The summed E-state index contributed by atoms with van der Waals surface area (Å²) in [7, 11) is 0. The van der Waals surface area contributed by atoms with E-state index in [0.29, 0.717) is 25.3 Å². The number of hydrogen-bond donors (Lipinski definition) is 2. The zero-order chi connectivity index (χ0) is 18.1. The van der Waals surface area contributed by atoms with E-state index in [1.807, 2.05) is 25.1 Å². The Morgan fingerprint density at radius 3 is 2.84 bits per heavy atom. The van der Waals surface area contributed by atoms with Crippen molar-refractivity contribution in [2.24, 2.45) is 0 Å². The summed E-state index contributed by atoms with van der Waals surface area (Å²) in [5.41, 5.74) is 0. The Hall–Kier alpha value is -2.28. The average molecular weight is 350 g/mol. The Bertz CT molecular complexity index is 552. The molecule has 0 saturated carbocycles. The van der Waals surface area contributed by atoms with Crippen molar-refractivity contribution in [2.75, 3.05) is 19.8 Å². The van der Waals surface area contributed by atoms with E-state index in [4.69, 9.17) is 9.47 Å². The average Bonchev–Trinajstić information content (AvgIpc) is 3.11. The van der Waals surface area contributed by atoms with E-state index in [1.165, 1.54) is 4.90 Å². The fourth-order valence-corrected chi connectivity index (χ4v) is 2.70. The van der Waals surface area contributed by atoms with Crippen molar-refractivity contribution in [3.8, 4) is 5.75 Å². The largest absolute Gasteiger partial charge is 0.484 e. The van der Waals surface area contributed by atoms with Crippen LogP contribution < -0.4 is 10.1 Å². The number of nitrogens with zero attached hydrogens (tertiary/aromatic N) is 1. The summed E-state index contributed by atoms with van der Waals surface area (Å²) in [5.74, 6) is 0.136. The molecular weight excluding hydrogens is 324 g/mol. The summed E-state index contributed by atoms with van der Waals surface area (Å²) < 4.78 is 10.5. The van der Waals surface area contributed by atoms with Crippen molar-refractivity contribution >= 4 is 12.0 Å². The Kier molecular flexibility index (Phi) is 7.53. The lowest BCUT2D eigenvalue weighted by Crippen LogP contribution is -2.51. The summed E-state index contributed by atoms with van der Waals surface area (Å²) in [5, 5.41) is 12.8. The molecule has 7 nitrogen and oxygen atoms in total. The summed E-state index contributed by atoms with van der Waals surface area (Å²) in [6, 6.07) is 8.48. The molecule has 138 valence electrons. The van der Waals surface area contributed by atoms with Gasteiger partial charge in [0.2, 0.25) is 0 Å². The standard InChI is InChI=1S/C18H26N2O5/c1-2-3-12-24-18(23)20-11-7-10-15(20)17(22)19-16(21)13-25-14-8-5-4-6-9-14/h4-6,8-9,15,17,22H,2-3,7,10-13H2,1H3,(H,19,21). The number of aliphatic hydroxyl groups is 1. The number of likely N-dealkylation sites (tertiary alicyclic amines) is 1. The second kappa shape index (κ2) is 9.88. The Morgan fingerprint density at radius 1 is 1.36 bits per heavy atom. The highest BCUT2D eigenvalue weighted by molar-refractivity contribution is 5.78. The van der Waals surface area contributed by atoms with Crippen molar-refractivity contribution < 1.29 is 24.2 Å². The van der Waals surface area contributed by atoms with Crippen LogP contribution in [-0.2, 0) is 9.53 Å². The van der Waals surface area contributed by atoms with E-state index in [0.717, 1.165) is 19.3 Å². The summed E-state index contributed by atoms with van der Waals surface area (Å²) >= 11 is 0. The Morgan fingerprint density at radius 2 is 2.12 bits per heavy atom. The predicted molar refractivity (Wildman–Crippen MR) is 92.1 cm³/mol. The molecule has 1 saturated heterocycles. The second-order valence-electron chi connectivity index (χ2n) is 5.98. The molecule has 1 aromatic carbocycles. The lowest BCUT2D eigenvalue weighted by molar-refractivity contribution is -0.127. The third-order valence-corrected chi connectivity index (χ3v) is 4.04. The van der Waals surface area contributed by atoms with Gasteiger partial charge in [-0.25, -0.2) is 4.79 Å². The van der Waals surface area contributed by atoms with Gasteiger partial charge in [-0.2, -0.15) is 0 Å². The van der Waals surface area contributed by atoms with E-state index in [1.54, 1.807) is 12.1 Å². The number of benzene rings is 1. The predicted octanol–water partition coefficient (Wildman–Crippen LogP) is 1.90. The second-order valence-corrected chi connectivity index (χ2v) is 5.98. The van der Waals surface area contributed by atoms with Gasteiger partial charge in [0.15, 0.2) is 6.61 Å². The van der Waals surface area contributed by atoms with Crippen LogP contribution in [0.4, 0.5) is 4.79 Å². The number of para-hydroxylation sites is 1. The minimum atomic E-state index is -1.15. The number of unbranched alkanes of at least 4 members (excludes halogenated alkanes) is 1. The van der Waals surface area contributed by atoms with Gasteiger partial charge in [-0.15, -0.1) is 0 Å². The zero-order valence-corrected chi connectivity index (χ0v) is 14.5. The van der Waals surface area contributed by atoms with Crippen LogP contribution in [0.2, 0.25) is 0 Å². The zero-order valence-electron chi connectivity index (χ0n) is 14.5. The van der Waals surface area contributed by atoms with Crippen LogP contribution in [0.25, 0.3) is 0 Å². The highest BCUT2D eigenvalue weighted by atomic mass is 16.6. The molecule has 2 N–H and O–H groups in total. The van der Waals surface area contributed by atoms with Crippen molar-refractivity contribution in [1.29, 1.82) is 0 Å². The minimum Gasteiger partial charge on any atom is -0.484 e. The van der Waals surface area contributed by atoms with Gasteiger partial charge < -0.3 is 24.8 Å². The molecule has 1 fully saturated rings. The van der Waals surface area contributed by atoms with Gasteiger partial charge in [0.1, 0.15) is 12.0 Å². The first-order chi connectivity index (χ1) is 12.1. The maximum absolute atomic E-state index is 12.1. The summed E-state index contributed by atoms with van der Waals surface area (Å²) in [4.78, 5) is 25.5. The van der Waals surface area contributed by atoms with Gasteiger partial charge in [0, 0.05) is 6.54 Å². The van der Waals surface area contributed by atoms with E-state index in [9.17, 15) is 14.7 Å². The van der Waals surface area contributed by atoms with E-state index in [-0.39, 0.29) is 6.61 Å². The van der Waals surface area contributed by atoms with Crippen LogP contribution in [0.5, 0.6) is 5.75 Å². The normalized spacial score (nSPS) is 17.8. The first-order valence-corrected chi connectivity index (χ1v) is 8.70. The molecule has 25 heavy (non-hydrogen) atoms. The summed E-state index contributed by atoms with van der Waals surface area (Å²) in [6.45, 7) is 2.70. The molecule has 0 radical (unpaired) electrons. The number of hydrogen-bond acceptors (Lipinski definition) is 5. The maximum Gasteiger partial charge on any atom is 0.410 e. The van der Waals surface area contributed by atoms with Crippen molar-refractivity contribution in [3.63, 3.8) is 0 Å². The Labute approximate surface area is 147 Å². The molecule has 0 spiro atoms. The van der Waals surface area contributed by atoms with Crippen molar-refractivity contribution in [2.45, 2.75) is 44.9 Å². The van der Waals surface area contributed by atoms with Gasteiger partial charge in [0.05, 0.1) is 12.6 Å². The Balaban J connectivity index is 1.78. The molecule has 1 heterocycles. The van der Waals surface area contributed by atoms with Gasteiger partial charge in [-0.3, -0.25) is 4.79 Å². The topological polar surface area (TPSA) is 88.1 Å².